The van der Waals surface area contributed by atoms with Crippen molar-refractivity contribution in [2.45, 2.75) is 43.8 Å². The van der Waals surface area contributed by atoms with Crippen molar-refractivity contribution in [3.63, 3.8) is 0 Å². The van der Waals surface area contributed by atoms with Crippen molar-refractivity contribution in [1.82, 2.24) is 0 Å². The second-order valence-corrected chi connectivity index (χ2v) is 5.77. The molecule has 0 aromatic rings. The van der Waals surface area contributed by atoms with Gasteiger partial charge in [0.2, 0.25) is 0 Å². The van der Waals surface area contributed by atoms with Crippen molar-refractivity contribution in [2.75, 3.05) is 0 Å². The van der Waals surface area contributed by atoms with Gasteiger partial charge in [-0.2, -0.15) is 0 Å². The third-order valence-electron chi connectivity index (χ3n) is 3.43. The molecular weight excluding hydrogens is 212 g/mol. The summed E-state index contributed by atoms with van der Waals surface area (Å²) in [5.74, 6) is 6.84. The lowest BCUT2D eigenvalue weighted by molar-refractivity contribution is 0.108. The van der Waals surface area contributed by atoms with E-state index in [0.717, 1.165) is 12.8 Å². The summed E-state index contributed by atoms with van der Waals surface area (Å²) in [6.07, 6.45) is 1.57. The third kappa shape index (κ3) is 2.15. The van der Waals surface area contributed by atoms with Crippen LogP contribution >= 0.6 is 11.6 Å². The fourth-order valence-corrected chi connectivity index (χ4v) is 3.17. The Morgan fingerprint density at radius 3 is 2.47 bits per heavy atom. The first kappa shape index (κ1) is 11.3. The van der Waals surface area contributed by atoms with Crippen molar-refractivity contribution in [3.8, 4) is 11.8 Å². The molecule has 0 heterocycles. The Morgan fingerprint density at radius 2 is 2.00 bits per heavy atom. The van der Waals surface area contributed by atoms with E-state index in [-0.39, 0.29) is 17.4 Å². The van der Waals surface area contributed by atoms with E-state index in [9.17, 15) is 10.2 Å². The molecule has 15 heavy (non-hydrogen) atoms. The number of fused-ring (bicyclic) bond motifs is 2. The summed E-state index contributed by atoms with van der Waals surface area (Å²) in [7, 11) is 0. The molecule has 2 N–H and O–H groups in total. The zero-order valence-corrected chi connectivity index (χ0v) is 9.83. The number of hydrogen-bond acceptors (Lipinski definition) is 2. The molecule has 0 aromatic heterocycles. The molecule has 3 heteroatoms. The molecule has 0 aliphatic heterocycles. The summed E-state index contributed by atoms with van der Waals surface area (Å²) >= 11 is 6.12. The van der Waals surface area contributed by atoms with Crippen LogP contribution in [-0.4, -0.2) is 27.3 Å². The fourth-order valence-electron chi connectivity index (χ4n) is 2.69. The molecule has 2 fully saturated rings. The molecule has 2 bridgehead atoms. The summed E-state index contributed by atoms with van der Waals surface area (Å²) in [5, 5.41) is 19.1. The second-order valence-electron chi connectivity index (χ2n) is 5.27. The Hall–Kier alpha value is -0.230. The summed E-state index contributed by atoms with van der Waals surface area (Å²) < 4.78 is 0. The number of aliphatic hydroxyl groups excluding tert-OH is 1. The van der Waals surface area contributed by atoms with Gasteiger partial charge in [-0.05, 0) is 38.5 Å². The molecule has 0 amide bonds. The van der Waals surface area contributed by atoms with Gasteiger partial charge in [0.15, 0.2) is 0 Å². The van der Waals surface area contributed by atoms with E-state index in [2.05, 4.69) is 11.8 Å². The van der Waals surface area contributed by atoms with Crippen LogP contribution in [0.25, 0.3) is 0 Å². The first-order valence-electron chi connectivity index (χ1n) is 5.46. The molecular formula is C12H17ClO2. The zero-order chi connectivity index (χ0) is 11.2. The normalized spacial score (nSPS) is 43.9. The Kier molecular flexibility index (Phi) is 2.75. The zero-order valence-electron chi connectivity index (χ0n) is 9.07. The highest BCUT2D eigenvalue weighted by Gasteiger charge is 2.51. The van der Waals surface area contributed by atoms with Crippen molar-refractivity contribution in [3.05, 3.63) is 0 Å². The molecule has 0 radical (unpaired) electrons. The van der Waals surface area contributed by atoms with E-state index in [1.54, 1.807) is 13.8 Å². The largest absolute Gasteiger partial charge is 0.391 e. The van der Waals surface area contributed by atoms with E-state index >= 15 is 0 Å². The highest BCUT2D eigenvalue weighted by molar-refractivity contribution is 6.21. The molecule has 84 valence electrons. The van der Waals surface area contributed by atoms with Crippen LogP contribution in [0.5, 0.6) is 0 Å². The lowest BCUT2D eigenvalue weighted by atomic mass is 9.87. The van der Waals surface area contributed by atoms with Crippen LogP contribution in [0.4, 0.5) is 0 Å². The first-order chi connectivity index (χ1) is 6.88. The maximum atomic E-state index is 9.70. The van der Waals surface area contributed by atoms with Crippen LogP contribution in [0.3, 0.4) is 0 Å². The van der Waals surface area contributed by atoms with E-state index in [0.29, 0.717) is 11.8 Å². The second kappa shape index (κ2) is 3.66. The van der Waals surface area contributed by atoms with Crippen LogP contribution in [0.15, 0.2) is 0 Å². The van der Waals surface area contributed by atoms with Gasteiger partial charge in [0.25, 0.3) is 0 Å². The molecule has 0 saturated heterocycles. The minimum Gasteiger partial charge on any atom is -0.391 e. The number of hydrogen-bond donors (Lipinski definition) is 2. The van der Waals surface area contributed by atoms with Crippen molar-refractivity contribution in [1.29, 1.82) is 0 Å². The van der Waals surface area contributed by atoms with Gasteiger partial charge in [-0.15, -0.1) is 11.6 Å². The summed E-state index contributed by atoms with van der Waals surface area (Å²) in [4.78, 5) is 0. The number of rotatable bonds is 0. The van der Waals surface area contributed by atoms with Crippen molar-refractivity contribution in [2.24, 2.45) is 17.8 Å². The Labute approximate surface area is 95.6 Å². The number of alkyl halides is 1. The van der Waals surface area contributed by atoms with Gasteiger partial charge in [0.05, 0.1) is 11.5 Å². The summed E-state index contributed by atoms with van der Waals surface area (Å²) in [6, 6.07) is 0. The van der Waals surface area contributed by atoms with Crippen LogP contribution in [-0.2, 0) is 0 Å². The van der Waals surface area contributed by atoms with Crippen LogP contribution in [0, 0.1) is 29.6 Å². The predicted octanol–water partition coefficient (Wildman–Crippen LogP) is 1.39. The number of halogens is 1. The maximum absolute atomic E-state index is 9.70. The number of aliphatic hydroxyl groups is 2. The molecule has 2 aliphatic rings. The maximum Gasteiger partial charge on any atom is 0.119 e. The van der Waals surface area contributed by atoms with Gasteiger partial charge in [0.1, 0.15) is 5.60 Å². The molecule has 2 rings (SSSR count). The highest BCUT2D eigenvalue weighted by Crippen LogP contribution is 2.50. The highest BCUT2D eigenvalue weighted by atomic mass is 35.5. The van der Waals surface area contributed by atoms with Gasteiger partial charge in [-0.25, -0.2) is 0 Å². The Bertz CT molecular complexity index is 308. The van der Waals surface area contributed by atoms with Gasteiger partial charge < -0.3 is 10.2 Å². The summed E-state index contributed by atoms with van der Waals surface area (Å²) in [6.45, 7) is 3.36. The van der Waals surface area contributed by atoms with Gasteiger partial charge in [0, 0.05) is 5.92 Å². The lowest BCUT2D eigenvalue weighted by Crippen LogP contribution is -2.32. The van der Waals surface area contributed by atoms with E-state index in [4.69, 9.17) is 11.6 Å². The summed E-state index contributed by atoms with van der Waals surface area (Å²) in [5.41, 5.74) is -0.928. The molecule has 2 saturated carbocycles. The Balaban J connectivity index is 2.06. The van der Waals surface area contributed by atoms with Crippen LogP contribution < -0.4 is 0 Å². The fraction of sp³-hybridized carbons (Fsp3) is 0.833. The smallest absolute Gasteiger partial charge is 0.119 e. The molecule has 0 spiro atoms. The average Bonchev–Trinajstić information content (AvgIpc) is 2.63. The SMILES string of the molecule is CC(C)(O)C#CC1CC2CC1C(Cl)C2O. The van der Waals surface area contributed by atoms with Gasteiger partial charge in [-0.1, -0.05) is 11.8 Å². The molecule has 5 unspecified atom stereocenters. The van der Waals surface area contributed by atoms with Gasteiger partial charge in [-0.3, -0.25) is 0 Å². The van der Waals surface area contributed by atoms with Crippen LogP contribution in [0.1, 0.15) is 26.7 Å². The topological polar surface area (TPSA) is 40.5 Å². The first-order valence-corrected chi connectivity index (χ1v) is 5.89. The molecule has 0 aromatic carbocycles. The average molecular weight is 229 g/mol. The predicted molar refractivity (Wildman–Crippen MR) is 59.4 cm³/mol. The van der Waals surface area contributed by atoms with Crippen LogP contribution in [0.2, 0.25) is 0 Å². The monoisotopic (exact) mass is 228 g/mol. The minimum atomic E-state index is -0.928. The molecule has 5 atom stereocenters. The third-order valence-corrected chi connectivity index (χ3v) is 4.01. The van der Waals surface area contributed by atoms with E-state index in [1.165, 1.54) is 0 Å². The van der Waals surface area contributed by atoms with Crippen molar-refractivity contribution < 1.29 is 10.2 Å². The lowest BCUT2D eigenvalue weighted by Gasteiger charge is -2.26. The van der Waals surface area contributed by atoms with E-state index in [1.807, 2.05) is 0 Å². The van der Waals surface area contributed by atoms with E-state index < -0.39 is 5.60 Å². The van der Waals surface area contributed by atoms with Gasteiger partial charge >= 0.3 is 0 Å². The standard InChI is InChI=1S/C12H17ClO2/c1-12(2,15)4-3-7-5-8-6-9(7)10(13)11(8)14/h7-11,14-15H,5-6H2,1-2H3. The minimum absolute atomic E-state index is 0.148. The quantitative estimate of drug-likeness (QED) is 0.486. The molecule has 2 aliphatic carbocycles. The molecule has 2 nitrogen and oxygen atoms in total. The van der Waals surface area contributed by atoms with Crippen molar-refractivity contribution >= 4 is 11.6 Å². The Morgan fingerprint density at radius 1 is 1.33 bits per heavy atom.